The first-order chi connectivity index (χ1) is 8.79. The van der Waals surface area contributed by atoms with Crippen molar-refractivity contribution in [3.8, 4) is 0 Å². The van der Waals surface area contributed by atoms with E-state index in [1.807, 2.05) is 12.1 Å². The van der Waals surface area contributed by atoms with E-state index in [1.165, 1.54) is 6.33 Å². The lowest BCUT2D eigenvalue weighted by atomic mass is 10.1. The molecular weight excluding hydrogens is 228 g/mol. The summed E-state index contributed by atoms with van der Waals surface area (Å²) in [6.07, 6.45) is 5.33. The SMILES string of the molecule is NCCc1ccc(C(=O)Nc2cncnc2)cc1. The zero-order valence-corrected chi connectivity index (χ0v) is 9.84. The summed E-state index contributed by atoms with van der Waals surface area (Å²) >= 11 is 0. The predicted molar refractivity (Wildman–Crippen MR) is 69.2 cm³/mol. The lowest BCUT2D eigenvalue weighted by molar-refractivity contribution is 0.102. The lowest BCUT2D eigenvalue weighted by Crippen LogP contribution is -2.12. The van der Waals surface area contributed by atoms with Crippen LogP contribution in [0.15, 0.2) is 43.0 Å². The number of carbonyl (C=O) groups excluding carboxylic acids is 1. The van der Waals surface area contributed by atoms with Gasteiger partial charge < -0.3 is 11.1 Å². The fourth-order valence-electron chi connectivity index (χ4n) is 1.56. The van der Waals surface area contributed by atoms with E-state index in [4.69, 9.17) is 5.73 Å². The molecule has 1 aromatic heterocycles. The molecule has 0 atom stereocenters. The molecule has 0 aliphatic heterocycles. The third-order valence-electron chi connectivity index (χ3n) is 2.47. The summed E-state index contributed by atoms with van der Waals surface area (Å²) in [4.78, 5) is 19.6. The van der Waals surface area contributed by atoms with Crippen LogP contribution in [-0.2, 0) is 6.42 Å². The first kappa shape index (κ1) is 12.2. The third kappa shape index (κ3) is 3.11. The van der Waals surface area contributed by atoms with Crippen LogP contribution < -0.4 is 11.1 Å². The number of carbonyl (C=O) groups is 1. The molecule has 3 N–H and O–H groups in total. The van der Waals surface area contributed by atoms with Crippen molar-refractivity contribution in [2.45, 2.75) is 6.42 Å². The zero-order chi connectivity index (χ0) is 12.8. The van der Waals surface area contributed by atoms with Crippen molar-refractivity contribution in [3.05, 3.63) is 54.1 Å². The first-order valence-electron chi connectivity index (χ1n) is 5.65. The Hall–Kier alpha value is -2.27. The van der Waals surface area contributed by atoms with E-state index in [2.05, 4.69) is 15.3 Å². The quantitative estimate of drug-likeness (QED) is 0.845. The Balaban J connectivity index is 2.05. The Kier molecular flexibility index (Phi) is 3.98. The molecule has 2 rings (SSSR count). The van der Waals surface area contributed by atoms with Crippen LogP contribution in [0.3, 0.4) is 0 Å². The first-order valence-corrected chi connectivity index (χ1v) is 5.65. The number of nitrogens with zero attached hydrogens (tertiary/aromatic N) is 2. The number of hydrogen-bond acceptors (Lipinski definition) is 4. The molecule has 2 aromatic rings. The van der Waals surface area contributed by atoms with E-state index in [0.29, 0.717) is 17.8 Å². The van der Waals surface area contributed by atoms with Crippen LogP contribution in [0.25, 0.3) is 0 Å². The summed E-state index contributed by atoms with van der Waals surface area (Å²) in [6.45, 7) is 0.604. The molecule has 5 nitrogen and oxygen atoms in total. The minimum absolute atomic E-state index is 0.177. The van der Waals surface area contributed by atoms with E-state index in [0.717, 1.165) is 12.0 Å². The van der Waals surface area contributed by atoms with E-state index in [1.54, 1.807) is 24.5 Å². The van der Waals surface area contributed by atoms with Crippen LogP contribution in [0, 0.1) is 0 Å². The average Bonchev–Trinajstić information content (AvgIpc) is 2.41. The Labute approximate surface area is 105 Å². The van der Waals surface area contributed by atoms with E-state index < -0.39 is 0 Å². The molecule has 18 heavy (non-hydrogen) atoms. The smallest absolute Gasteiger partial charge is 0.255 e. The van der Waals surface area contributed by atoms with Crippen LogP contribution in [-0.4, -0.2) is 22.4 Å². The normalized spacial score (nSPS) is 10.1. The minimum atomic E-state index is -0.177. The molecule has 0 aliphatic rings. The Morgan fingerprint density at radius 2 is 1.83 bits per heavy atom. The summed E-state index contributed by atoms with van der Waals surface area (Å²) < 4.78 is 0. The number of benzene rings is 1. The molecule has 0 fully saturated rings. The van der Waals surface area contributed by atoms with Gasteiger partial charge in [-0.15, -0.1) is 0 Å². The highest BCUT2D eigenvalue weighted by molar-refractivity contribution is 6.04. The summed E-state index contributed by atoms with van der Waals surface area (Å²) in [5.74, 6) is -0.177. The van der Waals surface area contributed by atoms with Gasteiger partial charge in [0.15, 0.2) is 0 Å². The van der Waals surface area contributed by atoms with Crippen LogP contribution in [0.2, 0.25) is 0 Å². The van der Waals surface area contributed by atoms with Gasteiger partial charge in [-0.2, -0.15) is 0 Å². The number of aromatic nitrogens is 2. The molecule has 1 heterocycles. The fraction of sp³-hybridized carbons (Fsp3) is 0.154. The van der Waals surface area contributed by atoms with Crippen molar-refractivity contribution in [1.82, 2.24) is 9.97 Å². The predicted octanol–water partition coefficient (Wildman–Crippen LogP) is 1.23. The van der Waals surface area contributed by atoms with Crippen molar-refractivity contribution in [1.29, 1.82) is 0 Å². The molecule has 0 saturated carbocycles. The van der Waals surface area contributed by atoms with Gasteiger partial charge >= 0.3 is 0 Å². The Bertz CT molecular complexity index is 510. The molecule has 1 aromatic carbocycles. The van der Waals surface area contributed by atoms with Gasteiger partial charge in [0.1, 0.15) is 6.33 Å². The molecule has 0 bridgehead atoms. The fourth-order valence-corrected chi connectivity index (χ4v) is 1.56. The Morgan fingerprint density at radius 1 is 1.17 bits per heavy atom. The molecule has 0 aliphatic carbocycles. The highest BCUT2D eigenvalue weighted by atomic mass is 16.1. The number of nitrogens with one attached hydrogen (secondary N) is 1. The van der Waals surface area contributed by atoms with Crippen molar-refractivity contribution in [2.24, 2.45) is 5.73 Å². The van der Waals surface area contributed by atoms with E-state index in [-0.39, 0.29) is 5.91 Å². The average molecular weight is 242 g/mol. The molecule has 5 heteroatoms. The van der Waals surface area contributed by atoms with Gasteiger partial charge in [0, 0.05) is 5.56 Å². The molecule has 0 spiro atoms. The standard InChI is InChI=1S/C13H14N4O/c14-6-5-10-1-3-11(4-2-10)13(18)17-12-7-15-9-16-8-12/h1-4,7-9H,5-6,14H2,(H,17,18). The van der Waals surface area contributed by atoms with Crippen molar-refractivity contribution in [2.75, 3.05) is 11.9 Å². The maximum Gasteiger partial charge on any atom is 0.255 e. The number of rotatable bonds is 4. The highest BCUT2D eigenvalue weighted by Gasteiger charge is 2.05. The van der Waals surface area contributed by atoms with E-state index in [9.17, 15) is 4.79 Å². The van der Waals surface area contributed by atoms with Gasteiger partial charge in [-0.05, 0) is 30.7 Å². The summed E-state index contributed by atoms with van der Waals surface area (Å²) in [7, 11) is 0. The van der Waals surface area contributed by atoms with Gasteiger partial charge in [0.05, 0.1) is 18.1 Å². The highest BCUT2D eigenvalue weighted by Crippen LogP contribution is 2.08. The van der Waals surface area contributed by atoms with Gasteiger partial charge in [-0.25, -0.2) is 9.97 Å². The molecule has 0 saturated heterocycles. The van der Waals surface area contributed by atoms with Gasteiger partial charge in [-0.1, -0.05) is 12.1 Å². The van der Waals surface area contributed by atoms with Crippen LogP contribution in [0.1, 0.15) is 15.9 Å². The largest absolute Gasteiger partial charge is 0.330 e. The second-order valence-electron chi connectivity index (χ2n) is 3.82. The van der Waals surface area contributed by atoms with Gasteiger partial charge in [0.25, 0.3) is 5.91 Å². The topological polar surface area (TPSA) is 80.9 Å². The monoisotopic (exact) mass is 242 g/mol. The molecule has 0 unspecified atom stereocenters. The van der Waals surface area contributed by atoms with Crippen molar-refractivity contribution < 1.29 is 4.79 Å². The molecular formula is C13H14N4O. The summed E-state index contributed by atoms with van der Waals surface area (Å²) in [6, 6.07) is 7.38. The Morgan fingerprint density at radius 3 is 2.44 bits per heavy atom. The maximum absolute atomic E-state index is 11.9. The second-order valence-corrected chi connectivity index (χ2v) is 3.82. The molecule has 0 radical (unpaired) electrons. The maximum atomic E-state index is 11.9. The van der Waals surface area contributed by atoms with Crippen LogP contribution >= 0.6 is 0 Å². The van der Waals surface area contributed by atoms with Crippen molar-refractivity contribution in [3.63, 3.8) is 0 Å². The lowest BCUT2D eigenvalue weighted by Gasteiger charge is -2.05. The third-order valence-corrected chi connectivity index (χ3v) is 2.47. The number of hydrogen-bond donors (Lipinski definition) is 2. The zero-order valence-electron chi connectivity index (χ0n) is 9.84. The van der Waals surface area contributed by atoms with Crippen LogP contribution in [0.5, 0.6) is 0 Å². The van der Waals surface area contributed by atoms with Crippen molar-refractivity contribution >= 4 is 11.6 Å². The number of nitrogens with two attached hydrogens (primary N) is 1. The molecule has 1 amide bonds. The van der Waals surface area contributed by atoms with Crippen LogP contribution in [0.4, 0.5) is 5.69 Å². The second kappa shape index (κ2) is 5.88. The number of anilines is 1. The van der Waals surface area contributed by atoms with E-state index >= 15 is 0 Å². The van der Waals surface area contributed by atoms with Gasteiger partial charge in [0.2, 0.25) is 0 Å². The number of amides is 1. The minimum Gasteiger partial charge on any atom is -0.330 e. The van der Waals surface area contributed by atoms with Gasteiger partial charge in [-0.3, -0.25) is 4.79 Å². The molecule has 92 valence electrons. The summed E-state index contributed by atoms with van der Waals surface area (Å²) in [5.41, 5.74) is 7.76. The summed E-state index contributed by atoms with van der Waals surface area (Å²) in [5, 5.41) is 2.72.